The Kier molecular flexibility index (Phi) is 4.72. The molecular weight excluding hydrogens is 304 g/mol. The van der Waals surface area contributed by atoms with Crippen molar-refractivity contribution < 1.29 is 14.6 Å². The molecule has 5 nitrogen and oxygen atoms in total. The third-order valence-corrected chi connectivity index (χ3v) is 3.39. The van der Waals surface area contributed by atoms with Crippen molar-refractivity contribution in [1.82, 2.24) is 9.97 Å². The summed E-state index contributed by atoms with van der Waals surface area (Å²) in [6.07, 6.45) is 6.17. The van der Waals surface area contributed by atoms with Gasteiger partial charge in [0, 0.05) is 12.4 Å². The molecule has 0 aliphatic rings. The fourth-order valence-corrected chi connectivity index (χ4v) is 2.16. The van der Waals surface area contributed by atoms with Gasteiger partial charge in [0.2, 0.25) is 0 Å². The van der Waals surface area contributed by atoms with E-state index in [9.17, 15) is 9.90 Å². The molecule has 0 saturated carbocycles. The number of nitrogens with one attached hydrogen (secondary N) is 1. The number of aromatic nitrogens is 2. The summed E-state index contributed by atoms with van der Waals surface area (Å²) in [5.74, 6) is 0.677. The first-order valence-corrected chi connectivity index (χ1v) is 7.44. The molecule has 2 aromatic carbocycles. The number of aromatic hydroxyl groups is 1. The summed E-state index contributed by atoms with van der Waals surface area (Å²) >= 11 is 0. The van der Waals surface area contributed by atoms with Gasteiger partial charge in [-0.1, -0.05) is 30.3 Å². The number of hydrogen-bond donors (Lipinski definition) is 2. The van der Waals surface area contributed by atoms with Gasteiger partial charge in [0.15, 0.2) is 5.78 Å². The number of ether oxygens (including phenoxy) is 1. The number of carbonyl (C=O) groups is 1. The van der Waals surface area contributed by atoms with Gasteiger partial charge in [-0.2, -0.15) is 0 Å². The molecule has 3 aromatic rings. The molecule has 0 fully saturated rings. The molecule has 0 amide bonds. The second-order valence-electron chi connectivity index (χ2n) is 5.13. The smallest absolute Gasteiger partial charge is 0.189 e. The van der Waals surface area contributed by atoms with E-state index in [2.05, 4.69) is 9.97 Å². The standard InChI is InChI=1S/C19H16N2O3/c22-17-7-6-15(24-13-14-4-2-1-3-5-14)12-16(17)18(23)8-9-19-20-10-11-21-19/h1-12,22H,13H2,(H,20,21)/b9-8+. The van der Waals surface area contributed by atoms with Gasteiger partial charge in [0.05, 0.1) is 5.56 Å². The number of H-pyrrole nitrogens is 1. The minimum Gasteiger partial charge on any atom is -0.507 e. The summed E-state index contributed by atoms with van der Waals surface area (Å²) in [5.41, 5.74) is 1.21. The first kappa shape index (κ1) is 15.6. The highest BCUT2D eigenvalue weighted by Gasteiger charge is 2.10. The van der Waals surface area contributed by atoms with Crippen molar-refractivity contribution >= 4 is 11.9 Å². The van der Waals surface area contributed by atoms with Crippen molar-refractivity contribution in [3.8, 4) is 11.5 Å². The summed E-state index contributed by atoms with van der Waals surface area (Å²) in [4.78, 5) is 19.1. The number of hydrogen-bond acceptors (Lipinski definition) is 4. The average molecular weight is 320 g/mol. The van der Waals surface area contributed by atoms with Gasteiger partial charge in [-0.05, 0) is 35.9 Å². The zero-order valence-corrected chi connectivity index (χ0v) is 12.8. The molecule has 1 aromatic heterocycles. The summed E-state index contributed by atoms with van der Waals surface area (Å²) in [6.45, 7) is 0.390. The Bertz CT molecular complexity index is 840. The predicted octanol–water partition coefficient (Wildman–Crippen LogP) is 3.59. The maximum absolute atomic E-state index is 12.2. The average Bonchev–Trinajstić information content (AvgIpc) is 3.13. The minimum absolute atomic E-state index is 0.0869. The van der Waals surface area contributed by atoms with Gasteiger partial charge in [-0.15, -0.1) is 0 Å². The molecule has 0 bridgehead atoms. The summed E-state index contributed by atoms with van der Waals surface area (Å²) in [7, 11) is 0. The van der Waals surface area contributed by atoms with Gasteiger partial charge in [-0.25, -0.2) is 4.98 Å². The number of nitrogens with zero attached hydrogens (tertiary/aromatic N) is 1. The number of allylic oxidation sites excluding steroid dienone is 1. The molecule has 0 unspecified atom stereocenters. The highest BCUT2D eigenvalue weighted by molar-refractivity contribution is 6.08. The lowest BCUT2D eigenvalue weighted by Crippen LogP contribution is -1.99. The van der Waals surface area contributed by atoms with Crippen LogP contribution in [0.4, 0.5) is 0 Å². The van der Waals surface area contributed by atoms with Crippen LogP contribution in [0.3, 0.4) is 0 Å². The van der Waals surface area contributed by atoms with Crippen LogP contribution in [-0.4, -0.2) is 20.9 Å². The molecular formula is C19H16N2O3. The van der Waals surface area contributed by atoms with Crippen LogP contribution >= 0.6 is 0 Å². The van der Waals surface area contributed by atoms with E-state index >= 15 is 0 Å². The van der Waals surface area contributed by atoms with Gasteiger partial charge in [0.1, 0.15) is 23.9 Å². The molecule has 3 rings (SSSR count). The third kappa shape index (κ3) is 3.89. The van der Waals surface area contributed by atoms with Crippen LogP contribution in [-0.2, 0) is 6.61 Å². The molecule has 120 valence electrons. The van der Waals surface area contributed by atoms with Crippen molar-refractivity contribution in [2.24, 2.45) is 0 Å². The van der Waals surface area contributed by atoms with Crippen molar-refractivity contribution in [1.29, 1.82) is 0 Å². The van der Waals surface area contributed by atoms with Crippen LogP contribution in [0, 0.1) is 0 Å². The highest BCUT2D eigenvalue weighted by atomic mass is 16.5. The van der Waals surface area contributed by atoms with Crippen LogP contribution in [0.2, 0.25) is 0 Å². The number of phenols is 1. The van der Waals surface area contributed by atoms with E-state index < -0.39 is 0 Å². The van der Waals surface area contributed by atoms with Gasteiger partial charge >= 0.3 is 0 Å². The number of ketones is 1. The van der Waals surface area contributed by atoms with Crippen LogP contribution in [0.5, 0.6) is 11.5 Å². The maximum atomic E-state index is 12.2. The van der Waals surface area contributed by atoms with Crippen LogP contribution in [0.1, 0.15) is 21.7 Å². The Balaban J connectivity index is 1.72. The van der Waals surface area contributed by atoms with Gasteiger partial charge < -0.3 is 14.8 Å². The van der Waals surface area contributed by atoms with Crippen molar-refractivity contribution in [2.75, 3.05) is 0 Å². The lowest BCUT2D eigenvalue weighted by molar-refractivity contribution is 0.104. The molecule has 0 radical (unpaired) electrons. The Morgan fingerprint density at radius 2 is 2.04 bits per heavy atom. The maximum Gasteiger partial charge on any atom is 0.189 e. The van der Waals surface area contributed by atoms with Crippen LogP contribution in [0.25, 0.3) is 6.08 Å². The van der Waals surface area contributed by atoms with Crippen molar-refractivity contribution in [3.63, 3.8) is 0 Å². The Morgan fingerprint density at radius 1 is 1.21 bits per heavy atom. The molecule has 1 heterocycles. The first-order valence-electron chi connectivity index (χ1n) is 7.44. The van der Waals surface area contributed by atoms with Crippen molar-refractivity contribution in [2.45, 2.75) is 6.61 Å². The van der Waals surface area contributed by atoms with E-state index in [4.69, 9.17) is 4.74 Å². The number of phenolic OH excluding ortho intramolecular Hbond substituents is 1. The highest BCUT2D eigenvalue weighted by Crippen LogP contribution is 2.24. The number of aromatic amines is 1. The van der Waals surface area contributed by atoms with E-state index in [-0.39, 0.29) is 17.1 Å². The molecule has 2 N–H and O–H groups in total. The van der Waals surface area contributed by atoms with E-state index in [0.717, 1.165) is 5.56 Å². The predicted molar refractivity (Wildman–Crippen MR) is 90.8 cm³/mol. The molecule has 5 heteroatoms. The second-order valence-corrected chi connectivity index (χ2v) is 5.13. The fourth-order valence-electron chi connectivity index (χ4n) is 2.16. The quantitative estimate of drug-likeness (QED) is 0.537. The SMILES string of the molecule is O=C(/C=C/c1ncc[nH]1)c1cc(OCc2ccccc2)ccc1O. The van der Waals surface area contributed by atoms with E-state index in [1.165, 1.54) is 18.2 Å². The molecule has 0 saturated heterocycles. The van der Waals surface area contributed by atoms with E-state index in [1.54, 1.807) is 24.5 Å². The normalized spacial score (nSPS) is 10.8. The molecule has 0 atom stereocenters. The Hall–Kier alpha value is -3.34. The van der Waals surface area contributed by atoms with Gasteiger partial charge in [0.25, 0.3) is 0 Å². The van der Waals surface area contributed by atoms with Crippen molar-refractivity contribution in [3.05, 3.63) is 84.0 Å². The topological polar surface area (TPSA) is 75.2 Å². The summed E-state index contributed by atoms with van der Waals surface area (Å²) in [5, 5.41) is 9.91. The van der Waals surface area contributed by atoms with Gasteiger partial charge in [-0.3, -0.25) is 4.79 Å². The third-order valence-electron chi connectivity index (χ3n) is 3.39. The van der Waals surface area contributed by atoms with E-state index in [0.29, 0.717) is 18.2 Å². The van der Waals surface area contributed by atoms with Crippen LogP contribution < -0.4 is 4.74 Å². The molecule has 0 spiro atoms. The zero-order chi connectivity index (χ0) is 16.8. The minimum atomic E-state index is -0.325. The zero-order valence-electron chi connectivity index (χ0n) is 12.8. The lowest BCUT2D eigenvalue weighted by atomic mass is 10.1. The lowest BCUT2D eigenvalue weighted by Gasteiger charge is -2.08. The molecule has 24 heavy (non-hydrogen) atoms. The summed E-state index contributed by atoms with van der Waals surface area (Å²) < 4.78 is 5.68. The largest absolute Gasteiger partial charge is 0.507 e. The van der Waals surface area contributed by atoms with E-state index in [1.807, 2.05) is 30.3 Å². The monoisotopic (exact) mass is 320 g/mol. The molecule has 0 aliphatic carbocycles. The number of carbonyl (C=O) groups excluding carboxylic acids is 1. The Morgan fingerprint density at radius 3 is 2.79 bits per heavy atom. The second kappa shape index (κ2) is 7.28. The van der Waals surface area contributed by atoms with Crippen LogP contribution in [0.15, 0.2) is 67.0 Å². The Labute approximate surface area is 139 Å². The number of benzene rings is 2. The first-order chi connectivity index (χ1) is 11.7. The number of imidazole rings is 1. The summed E-state index contributed by atoms with van der Waals surface area (Å²) in [6, 6.07) is 14.3. The fraction of sp³-hybridized carbons (Fsp3) is 0.0526. The molecule has 0 aliphatic heterocycles. The number of rotatable bonds is 6.